The number of aromatic nitrogens is 4. The minimum absolute atomic E-state index is 0.207. The van der Waals surface area contributed by atoms with E-state index in [1.54, 1.807) is 4.68 Å². The minimum Gasteiger partial charge on any atom is -0.444 e. The Bertz CT molecular complexity index is 888. The molecule has 8 nitrogen and oxygen atoms in total. The molecule has 1 atom stereocenters. The van der Waals surface area contributed by atoms with E-state index in [9.17, 15) is 4.79 Å². The van der Waals surface area contributed by atoms with Crippen molar-refractivity contribution in [1.82, 2.24) is 24.6 Å². The van der Waals surface area contributed by atoms with Crippen molar-refractivity contribution in [2.24, 2.45) is 13.0 Å². The van der Waals surface area contributed by atoms with Crippen molar-refractivity contribution in [3.8, 4) is 0 Å². The summed E-state index contributed by atoms with van der Waals surface area (Å²) in [6.07, 6.45) is 5.24. The number of amides is 1. The zero-order chi connectivity index (χ0) is 20.1. The van der Waals surface area contributed by atoms with Crippen molar-refractivity contribution in [3.63, 3.8) is 0 Å². The van der Waals surface area contributed by atoms with Crippen LogP contribution in [-0.4, -0.2) is 62.0 Å². The molecule has 1 amide bonds. The highest BCUT2D eigenvalue weighted by Gasteiger charge is 2.36. The van der Waals surface area contributed by atoms with Gasteiger partial charge >= 0.3 is 6.09 Å². The Morgan fingerprint density at radius 2 is 2.07 bits per heavy atom. The molecule has 9 heteroatoms. The molecule has 0 N–H and O–H groups in total. The van der Waals surface area contributed by atoms with Crippen LogP contribution in [0.3, 0.4) is 0 Å². The number of ether oxygens (including phenoxy) is 1. The third kappa shape index (κ3) is 4.18. The van der Waals surface area contributed by atoms with Gasteiger partial charge in [-0.25, -0.2) is 14.5 Å². The lowest BCUT2D eigenvalue weighted by Crippen LogP contribution is -2.56. The number of rotatable bonds is 3. The van der Waals surface area contributed by atoms with E-state index in [-0.39, 0.29) is 12.1 Å². The standard InChI is InChI=1S/C19H27IN6O2/c1-19(2,3)28-18(27)25-7-8-26(13(11-25)9-12-5-6-12)17-21-10-14-15(20)23-24(4)16(14)22-17/h10,12-13H,5-9,11H2,1-4H3. The average Bonchev–Trinajstić information content (AvgIpc) is 3.38. The maximum atomic E-state index is 12.6. The number of carbonyl (C=O) groups excluding carboxylic acids is 1. The first-order valence-electron chi connectivity index (χ1n) is 9.81. The molecule has 1 aliphatic heterocycles. The number of fused-ring (bicyclic) bond motifs is 1. The monoisotopic (exact) mass is 498 g/mol. The average molecular weight is 498 g/mol. The van der Waals surface area contributed by atoms with Gasteiger partial charge in [0.05, 0.1) is 5.39 Å². The van der Waals surface area contributed by atoms with Gasteiger partial charge in [0.15, 0.2) is 5.65 Å². The minimum atomic E-state index is -0.481. The maximum absolute atomic E-state index is 12.6. The number of halogens is 1. The second-order valence-electron chi connectivity index (χ2n) is 8.77. The molecule has 1 aliphatic carbocycles. The van der Waals surface area contributed by atoms with Gasteiger partial charge in [0, 0.05) is 38.9 Å². The molecule has 2 fully saturated rings. The summed E-state index contributed by atoms with van der Waals surface area (Å²) in [5.74, 6) is 1.47. The van der Waals surface area contributed by atoms with Crippen molar-refractivity contribution < 1.29 is 9.53 Å². The number of hydrogen-bond donors (Lipinski definition) is 0. The summed E-state index contributed by atoms with van der Waals surface area (Å²) in [6, 6.07) is 0.207. The summed E-state index contributed by atoms with van der Waals surface area (Å²) >= 11 is 2.21. The van der Waals surface area contributed by atoms with E-state index in [0.717, 1.165) is 33.0 Å². The Hall–Kier alpha value is -1.65. The van der Waals surface area contributed by atoms with Crippen LogP contribution in [0.2, 0.25) is 0 Å². The summed E-state index contributed by atoms with van der Waals surface area (Å²) in [5.41, 5.74) is 0.361. The summed E-state index contributed by atoms with van der Waals surface area (Å²) in [6.45, 7) is 7.68. The highest BCUT2D eigenvalue weighted by molar-refractivity contribution is 14.1. The quantitative estimate of drug-likeness (QED) is 0.606. The zero-order valence-electron chi connectivity index (χ0n) is 16.9. The molecule has 2 aromatic heterocycles. The Kier molecular flexibility index (Phi) is 5.13. The summed E-state index contributed by atoms with van der Waals surface area (Å²) in [4.78, 5) is 26.1. The first kappa shape index (κ1) is 19.7. The Morgan fingerprint density at radius 1 is 1.32 bits per heavy atom. The number of nitrogens with zero attached hydrogens (tertiary/aromatic N) is 6. The van der Waals surface area contributed by atoms with E-state index in [4.69, 9.17) is 9.72 Å². The van der Waals surface area contributed by atoms with Crippen LogP contribution in [0.15, 0.2) is 6.20 Å². The smallest absolute Gasteiger partial charge is 0.410 e. The van der Waals surface area contributed by atoms with Crippen LogP contribution < -0.4 is 4.90 Å². The van der Waals surface area contributed by atoms with Gasteiger partial charge in [0.1, 0.15) is 9.30 Å². The van der Waals surface area contributed by atoms with Crippen LogP contribution in [0.25, 0.3) is 11.0 Å². The van der Waals surface area contributed by atoms with E-state index in [2.05, 4.69) is 37.6 Å². The van der Waals surface area contributed by atoms with Gasteiger partial charge < -0.3 is 14.5 Å². The van der Waals surface area contributed by atoms with Crippen molar-refractivity contribution in [2.75, 3.05) is 24.5 Å². The van der Waals surface area contributed by atoms with Crippen LogP contribution in [-0.2, 0) is 11.8 Å². The second-order valence-corrected chi connectivity index (χ2v) is 9.80. The second kappa shape index (κ2) is 7.31. The van der Waals surface area contributed by atoms with E-state index in [0.29, 0.717) is 19.6 Å². The molecule has 28 heavy (non-hydrogen) atoms. The molecule has 4 rings (SSSR count). The van der Waals surface area contributed by atoms with Crippen molar-refractivity contribution in [2.45, 2.75) is 51.7 Å². The molecule has 0 radical (unpaired) electrons. The van der Waals surface area contributed by atoms with Gasteiger partial charge in [0.25, 0.3) is 0 Å². The fourth-order valence-corrected chi connectivity index (χ4v) is 4.38. The van der Waals surface area contributed by atoms with Crippen molar-refractivity contribution in [3.05, 3.63) is 9.90 Å². The van der Waals surface area contributed by atoms with Crippen LogP contribution in [0.5, 0.6) is 0 Å². The summed E-state index contributed by atoms with van der Waals surface area (Å²) < 4.78 is 8.30. The lowest BCUT2D eigenvalue weighted by Gasteiger charge is -2.41. The maximum Gasteiger partial charge on any atom is 0.410 e. The molecule has 2 aromatic rings. The molecular weight excluding hydrogens is 471 g/mol. The first-order chi connectivity index (χ1) is 13.2. The largest absolute Gasteiger partial charge is 0.444 e. The molecule has 0 spiro atoms. The van der Waals surface area contributed by atoms with Gasteiger partial charge in [-0.2, -0.15) is 10.1 Å². The lowest BCUT2D eigenvalue weighted by atomic mass is 10.1. The Balaban J connectivity index is 1.56. The van der Waals surface area contributed by atoms with E-state index in [1.807, 2.05) is 38.9 Å². The molecule has 1 unspecified atom stereocenters. The SMILES string of the molecule is Cn1nc(I)c2cnc(N3CCN(C(=O)OC(C)(C)C)CC3CC3CC3)nc21. The van der Waals surface area contributed by atoms with Crippen LogP contribution in [0, 0.1) is 9.62 Å². The number of aryl methyl sites for hydroxylation is 1. The van der Waals surface area contributed by atoms with E-state index in [1.165, 1.54) is 12.8 Å². The number of hydrogen-bond acceptors (Lipinski definition) is 6. The Morgan fingerprint density at radius 3 is 2.75 bits per heavy atom. The summed E-state index contributed by atoms with van der Waals surface area (Å²) in [7, 11) is 1.91. The van der Waals surface area contributed by atoms with Crippen molar-refractivity contribution in [1.29, 1.82) is 0 Å². The molecular formula is C19H27IN6O2. The van der Waals surface area contributed by atoms with Crippen LogP contribution in [0.1, 0.15) is 40.0 Å². The predicted molar refractivity (Wildman–Crippen MR) is 115 cm³/mol. The van der Waals surface area contributed by atoms with Gasteiger partial charge in [-0.15, -0.1) is 0 Å². The fourth-order valence-electron chi connectivity index (χ4n) is 3.68. The third-order valence-corrected chi connectivity index (χ3v) is 6.01. The van der Waals surface area contributed by atoms with E-state index >= 15 is 0 Å². The van der Waals surface area contributed by atoms with Gasteiger partial charge in [-0.1, -0.05) is 12.8 Å². The number of piperazine rings is 1. The van der Waals surface area contributed by atoms with Crippen molar-refractivity contribution >= 4 is 45.7 Å². The van der Waals surface area contributed by atoms with Gasteiger partial charge in [-0.05, 0) is 55.7 Å². The van der Waals surface area contributed by atoms with Gasteiger partial charge in [-0.3, -0.25) is 0 Å². The topological polar surface area (TPSA) is 76.4 Å². The predicted octanol–water partition coefficient (Wildman–Crippen LogP) is 3.19. The fraction of sp³-hybridized carbons (Fsp3) is 0.684. The molecule has 1 saturated carbocycles. The number of carbonyl (C=O) groups is 1. The Labute approximate surface area is 178 Å². The molecule has 1 saturated heterocycles. The molecule has 0 bridgehead atoms. The molecule has 3 heterocycles. The highest BCUT2D eigenvalue weighted by Crippen LogP contribution is 2.36. The van der Waals surface area contributed by atoms with Crippen LogP contribution >= 0.6 is 22.6 Å². The molecule has 0 aromatic carbocycles. The highest BCUT2D eigenvalue weighted by atomic mass is 127. The number of anilines is 1. The normalized spacial score (nSPS) is 20.7. The zero-order valence-corrected chi connectivity index (χ0v) is 19.0. The molecule has 2 aliphatic rings. The first-order valence-corrected chi connectivity index (χ1v) is 10.9. The third-order valence-electron chi connectivity index (χ3n) is 5.22. The van der Waals surface area contributed by atoms with E-state index < -0.39 is 5.60 Å². The summed E-state index contributed by atoms with van der Waals surface area (Å²) in [5, 5.41) is 5.41. The molecule has 152 valence electrons. The van der Waals surface area contributed by atoms with Crippen LogP contribution in [0.4, 0.5) is 10.7 Å². The van der Waals surface area contributed by atoms with Gasteiger partial charge in [0.2, 0.25) is 5.95 Å². The lowest BCUT2D eigenvalue weighted by molar-refractivity contribution is 0.0209.